The molecule has 1 N–H and O–H groups in total. The standard InChI is InChI=1S/C17H30N2O2/c1-4-5-6-7-8-9-15(2)18-16-10-11-17(20)19(14-16)12-13-21-3/h10-11,14-15,18H,4-9,12-13H2,1-3H3. The van der Waals surface area contributed by atoms with Crippen LogP contribution in [0.1, 0.15) is 52.4 Å². The molecule has 1 aromatic heterocycles. The van der Waals surface area contributed by atoms with Gasteiger partial charge >= 0.3 is 0 Å². The molecule has 4 heteroatoms. The van der Waals surface area contributed by atoms with Crippen molar-refractivity contribution in [1.29, 1.82) is 0 Å². The highest BCUT2D eigenvalue weighted by molar-refractivity contribution is 5.41. The average molecular weight is 294 g/mol. The minimum Gasteiger partial charge on any atom is -0.383 e. The Morgan fingerprint density at radius 3 is 2.71 bits per heavy atom. The normalized spacial score (nSPS) is 12.3. The van der Waals surface area contributed by atoms with Crippen molar-refractivity contribution in [3.8, 4) is 0 Å². The van der Waals surface area contributed by atoms with Gasteiger partial charge in [-0.15, -0.1) is 0 Å². The number of anilines is 1. The molecule has 4 nitrogen and oxygen atoms in total. The van der Waals surface area contributed by atoms with Crippen LogP contribution < -0.4 is 10.9 Å². The summed E-state index contributed by atoms with van der Waals surface area (Å²) in [7, 11) is 1.65. The molecule has 1 atom stereocenters. The molecule has 0 fully saturated rings. The van der Waals surface area contributed by atoms with Gasteiger partial charge in [0.2, 0.25) is 0 Å². The summed E-state index contributed by atoms with van der Waals surface area (Å²) < 4.78 is 6.72. The first-order valence-corrected chi connectivity index (χ1v) is 8.13. The van der Waals surface area contributed by atoms with E-state index in [4.69, 9.17) is 4.74 Å². The third-order valence-electron chi connectivity index (χ3n) is 3.67. The van der Waals surface area contributed by atoms with Crippen molar-refractivity contribution < 1.29 is 4.74 Å². The predicted molar refractivity (Wildman–Crippen MR) is 89.0 cm³/mol. The molecule has 0 saturated heterocycles. The molecule has 0 aliphatic carbocycles. The highest BCUT2D eigenvalue weighted by Gasteiger charge is 2.04. The van der Waals surface area contributed by atoms with Crippen LogP contribution in [0.2, 0.25) is 0 Å². The van der Waals surface area contributed by atoms with Crippen LogP contribution in [0.3, 0.4) is 0 Å². The molecule has 0 saturated carbocycles. The third kappa shape index (κ3) is 7.32. The van der Waals surface area contributed by atoms with E-state index in [1.807, 2.05) is 12.3 Å². The van der Waals surface area contributed by atoms with Gasteiger partial charge in [0.15, 0.2) is 0 Å². The van der Waals surface area contributed by atoms with Crippen LogP contribution in [-0.2, 0) is 11.3 Å². The fraction of sp³-hybridized carbons (Fsp3) is 0.706. The van der Waals surface area contributed by atoms with Crippen molar-refractivity contribution in [3.05, 3.63) is 28.7 Å². The van der Waals surface area contributed by atoms with Crippen molar-refractivity contribution in [2.24, 2.45) is 0 Å². The number of ether oxygens (including phenoxy) is 1. The fourth-order valence-electron chi connectivity index (χ4n) is 2.39. The first-order chi connectivity index (χ1) is 10.2. The minimum absolute atomic E-state index is 0.0184. The molecule has 1 heterocycles. The molecule has 0 aliphatic rings. The summed E-state index contributed by atoms with van der Waals surface area (Å²) in [4.78, 5) is 11.7. The first-order valence-electron chi connectivity index (χ1n) is 8.13. The van der Waals surface area contributed by atoms with E-state index >= 15 is 0 Å². The maximum absolute atomic E-state index is 11.7. The van der Waals surface area contributed by atoms with Gasteiger partial charge in [0.25, 0.3) is 5.56 Å². The Morgan fingerprint density at radius 2 is 2.00 bits per heavy atom. The molecule has 1 aromatic rings. The minimum atomic E-state index is 0.0184. The van der Waals surface area contributed by atoms with E-state index in [1.54, 1.807) is 17.7 Å². The Morgan fingerprint density at radius 1 is 1.24 bits per heavy atom. The lowest BCUT2D eigenvalue weighted by Gasteiger charge is -2.16. The molecule has 120 valence electrons. The van der Waals surface area contributed by atoms with Crippen LogP contribution in [0.5, 0.6) is 0 Å². The van der Waals surface area contributed by atoms with E-state index < -0.39 is 0 Å². The molecule has 0 radical (unpaired) electrons. The van der Waals surface area contributed by atoms with E-state index in [0.717, 1.165) is 5.69 Å². The monoisotopic (exact) mass is 294 g/mol. The molecule has 0 bridgehead atoms. The number of rotatable bonds is 11. The number of nitrogens with zero attached hydrogens (tertiary/aromatic N) is 1. The van der Waals surface area contributed by atoms with Crippen LogP contribution in [-0.4, -0.2) is 24.3 Å². The highest BCUT2D eigenvalue weighted by Crippen LogP contribution is 2.11. The lowest BCUT2D eigenvalue weighted by Crippen LogP contribution is -2.23. The SMILES string of the molecule is CCCCCCCC(C)Nc1ccc(=O)n(CCOC)c1. The summed E-state index contributed by atoms with van der Waals surface area (Å²) in [6.07, 6.45) is 9.59. The fourth-order valence-corrected chi connectivity index (χ4v) is 2.39. The lowest BCUT2D eigenvalue weighted by atomic mass is 10.1. The van der Waals surface area contributed by atoms with Gasteiger partial charge < -0.3 is 14.6 Å². The number of aromatic nitrogens is 1. The van der Waals surface area contributed by atoms with E-state index in [-0.39, 0.29) is 5.56 Å². The lowest BCUT2D eigenvalue weighted by molar-refractivity contribution is 0.186. The Bertz CT molecular complexity index is 443. The molecule has 1 rings (SSSR count). The van der Waals surface area contributed by atoms with Gasteiger partial charge in [0.05, 0.1) is 12.3 Å². The van der Waals surface area contributed by atoms with Crippen LogP contribution in [0.25, 0.3) is 0 Å². The van der Waals surface area contributed by atoms with Gasteiger partial charge in [-0.2, -0.15) is 0 Å². The molecule has 21 heavy (non-hydrogen) atoms. The zero-order chi connectivity index (χ0) is 15.5. The van der Waals surface area contributed by atoms with Crippen molar-refractivity contribution in [2.45, 2.75) is 65.0 Å². The Kier molecular flexibility index (Phi) is 8.83. The molecule has 0 spiro atoms. The quantitative estimate of drug-likeness (QED) is 0.633. The maximum atomic E-state index is 11.7. The second-order valence-corrected chi connectivity index (χ2v) is 5.69. The Hall–Kier alpha value is -1.29. The van der Waals surface area contributed by atoms with Crippen molar-refractivity contribution in [2.75, 3.05) is 19.0 Å². The van der Waals surface area contributed by atoms with Crippen LogP contribution in [0.15, 0.2) is 23.1 Å². The number of nitrogens with one attached hydrogen (secondary N) is 1. The predicted octanol–water partition coefficient (Wildman–Crippen LogP) is 3.66. The highest BCUT2D eigenvalue weighted by atomic mass is 16.5. The second-order valence-electron chi connectivity index (χ2n) is 5.69. The zero-order valence-corrected chi connectivity index (χ0v) is 13.7. The topological polar surface area (TPSA) is 43.3 Å². The largest absolute Gasteiger partial charge is 0.383 e. The molecule has 0 aliphatic heterocycles. The van der Waals surface area contributed by atoms with Gasteiger partial charge in [-0.05, 0) is 19.4 Å². The number of unbranched alkanes of at least 4 members (excludes halogenated alkanes) is 4. The molecule has 0 amide bonds. The maximum Gasteiger partial charge on any atom is 0.250 e. The van der Waals surface area contributed by atoms with Gasteiger partial charge in [-0.3, -0.25) is 4.79 Å². The Labute approximate surface area is 128 Å². The number of hydrogen-bond acceptors (Lipinski definition) is 3. The number of pyridine rings is 1. The summed E-state index contributed by atoms with van der Waals surface area (Å²) >= 11 is 0. The van der Waals surface area contributed by atoms with Crippen LogP contribution >= 0.6 is 0 Å². The van der Waals surface area contributed by atoms with Crippen molar-refractivity contribution >= 4 is 5.69 Å². The molecule has 1 unspecified atom stereocenters. The van der Waals surface area contributed by atoms with Crippen LogP contribution in [0.4, 0.5) is 5.69 Å². The van der Waals surface area contributed by atoms with Crippen molar-refractivity contribution in [3.63, 3.8) is 0 Å². The number of methoxy groups -OCH3 is 1. The summed E-state index contributed by atoms with van der Waals surface area (Å²) in [6, 6.07) is 3.91. The molecular formula is C17H30N2O2. The summed E-state index contributed by atoms with van der Waals surface area (Å²) in [5.41, 5.74) is 1.02. The van der Waals surface area contributed by atoms with E-state index in [1.165, 1.54) is 38.5 Å². The average Bonchev–Trinajstić information content (AvgIpc) is 2.47. The Balaban J connectivity index is 2.41. The van der Waals surface area contributed by atoms with E-state index in [2.05, 4.69) is 19.2 Å². The summed E-state index contributed by atoms with van der Waals surface area (Å²) in [5, 5.41) is 3.48. The molecule has 0 aromatic carbocycles. The van der Waals surface area contributed by atoms with Gasteiger partial charge in [-0.1, -0.05) is 39.0 Å². The smallest absolute Gasteiger partial charge is 0.250 e. The number of hydrogen-bond donors (Lipinski definition) is 1. The van der Waals surface area contributed by atoms with E-state index in [9.17, 15) is 4.79 Å². The van der Waals surface area contributed by atoms with Crippen LogP contribution in [0, 0.1) is 0 Å². The molecular weight excluding hydrogens is 264 g/mol. The van der Waals surface area contributed by atoms with Crippen molar-refractivity contribution in [1.82, 2.24) is 4.57 Å². The van der Waals surface area contributed by atoms with Gasteiger partial charge in [0.1, 0.15) is 0 Å². The second kappa shape index (κ2) is 10.4. The van der Waals surface area contributed by atoms with Gasteiger partial charge in [-0.25, -0.2) is 0 Å². The summed E-state index contributed by atoms with van der Waals surface area (Å²) in [5.74, 6) is 0. The zero-order valence-electron chi connectivity index (χ0n) is 13.7. The summed E-state index contributed by atoms with van der Waals surface area (Å²) in [6.45, 7) is 5.58. The first kappa shape index (κ1) is 17.8. The van der Waals surface area contributed by atoms with Gasteiger partial charge in [0, 0.05) is 32.0 Å². The van der Waals surface area contributed by atoms with E-state index in [0.29, 0.717) is 19.2 Å². The third-order valence-corrected chi connectivity index (χ3v) is 3.67.